The van der Waals surface area contributed by atoms with Crippen molar-refractivity contribution in [3.63, 3.8) is 0 Å². The van der Waals surface area contributed by atoms with Crippen molar-refractivity contribution in [3.05, 3.63) is 59.7 Å². The van der Waals surface area contributed by atoms with Gasteiger partial charge in [-0.1, -0.05) is 46.8 Å². The summed E-state index contributed by atoms with van der Waals surface area (Å²) in [5.74, 6) is 1.81. The van der Waals surface area contributed by atoms with Gasteiger partial charge in [0, 0.05) is 0 Å². The first-order valence-corrected chi connectivity index (χ1v) is 23.0. The molecule has 0 N–H and O–H groups in total. The van der Waals surface area contributed by atoms with E-state index < -0.39 is 6.83 Å². The van der Waals surface area contributed by atoms with Crippen LogP contribution in [0.5, 0.6) is 11.5 Å². The molecule has 0 saturated carbocycles. The molecule has 51 heavy (non-hydrogen) atoms. The normalized spacial score (nSPS) is 13.4. The second kappa shape index (κ2) is 21.5. The number of rotatable bonds is 28. The van der Waals surface area contributed by atoms with Gasteiger partial charge in [0.05, 0.1) is 13.2 Å². The maximum atomic E-state index is 11.9. The molecular formula is C44H77NO5P+. The van der Waals surface area contributed by atoms with Gasteiger partial charge in [0.2, 0.25) is 0 Å². The Kier molecular flexibility index (Phi) is 19.0. The van der Waals surface area contributed by atoms with E-state index in [9.17, 15) is 4.79 Å². The Morgan fingerprint density at radius 2 is 1.16 bits per heavy atom. The Hall–Kier alpha value is -2.14. The Morgan fingerprint density at radius 3 is 1.67 bits per heavy atom. The number of unbranched alkanes of at least 4 members (excludes halogenated alkanes) is 4. The van der Waals surface area contributed by atoms with Crippen molar-refractivity contribution >= 4 is 13.3 Å². The molecule has 0 atom stereocenters. The first-order chi connectivity index (χ1) is 24.1. The molecule has 0 bridgehead atoms. The van der Waals surface area contributed by atoms with Gasteiger partial charge in [-0.25, -0.2) is 0 Å². The number of likely N-dealkylation sites (N-methyl/N-ethyl adjacent to an activating group) is 1. The monoisotopic (exact) mass is 731 g/mol. The molecule has 0 aliphatic carbocycles. The molecule has 2 aromatic carbocycles. The maximum absolute atomic E-state index is 11.9. The summed E-state index contributed by atoms with van der Waals surface area (Å²) < 4.78 is 25.3. The average Bonchev–Trinajstić information content (AvgIpc) is 3.07. The fourth-order valence-electron chi connectivity index (χ4n) is 7.81. The van der Waals surface area contributed by atoms with Gasteiger partial charge in [-0.2, -0.15) is 0 Å². The van der Waals surface area contributed by atoms with Gasteiger partial charge >= 0.3 is 198 Å². The van der Waals surface area contributed by atoms with E-state index in [1.165, 1.54) is 11.1 Å². The number of ether oxygens (including phenoxy) is 3. The van der Waals surface area contributed by atoms with Gasteiger partial charge in [-0.3, -0.25) is 0 Å². The van der Waals surface area contributed by atoms with Crippen LogP contribution in [-0.4, -0.2) is 82.7 Å². The van der Waals surface area contributed by atoms with E-state index in [4.69, 9.17) is 18.7 Å². The second-order valence-corrected chi connectivity index (χ2v) is 23.4. The molecule has 0 aromatic heterocycles. The molecule has 0 fully saturated rings. The molecule has 0 spiro atoms. The molecule has 0 aliphatic rings. The molecule has 292 valence electrons. The molecule has 2 rings (SSSR count). The number of quaternary nitrogens is 1. The molecular weight excluding hydrogens is 653 g/mol. The predicted molar refractivity (Wildman–Crippen MR) is 220 cm³/mol. The van der Waals surface area contributed by atoms with Gasteiger partial charge < -0.3 is 9.47 Å². The zero-order valence-electron chi connectivity index (χ0n) is 34.6. The van der Waals surface area contributed by atoms with Crippen LogP contribution in [0.3, 0.4) is 0 Å². The van der Waals surface area contributed by atoms with E-state index in [0.717, 1.165) is 118 Å². The minimum atomic E-state index is -2.55. The Bertz CT molecular complexity index is 1210. The van der Waals surface area contributed by atoms with Gasteiger partial charge in [-0.05, 0) is 34.9 Å². The van der Waals surface area contributed by atoms with Crippen LogP contribution >= 0.6 is 6.83 Å². The SMILES string of the molecule is CCCCP(CCCC)(CCCC)(CCCCOc1ccc(C[N+](C)(C)CCOCCOc2ccc(C(C)(C)CC(C)(C)C)cc2)cc1)OC=O. The first-order valence-electron chi connectivity index (χ1n) is 20.1. The van der Waals surface area contributed by atoms with Gasteiger partial charge in [0.1, 0.15) is 12.4 Å². The molecule has 6 nitrogen and oxygen atoms in total. The summed E-state index contributed by atoms with van der Waals surface area (Å²) >= 11 is 0. The van der Waals surface area contributed by atoms with Gasteiger partial charge in [0.25, 0.3) is 0 Å². The van der Waals surface area contributed by atoms with E-state index in [1.54, 1.807) is 0 Å². The zero-order chi connectivity index (χ0) is 37.9. The van der Waals surface area contributed by atoms with Crippen molar-refractivity contribution in [2.24, 2.45) is 5.41 Å². The standard InChI is InChI=1S/C44H77NO5P/c1-11-14-32-51(50-38-46,33-15-12-2,34-16-13-3)35-18-17-28-48-41-23-19-39(20-24-41)36-45(9,10)27-29-47-30-31-49-42-25-21-40(22-26-42)44(7,8)37-43(4,5)6/h19-26,38H,11-18,27-37H2,1-10H3/q+1. The number of benzene rings is 2. The summed E-state index contributed by atoms with van der Waals surface area (Å²) in [6.07, 6.45) is 14.3. The molecule has 0 saturated heterocycles. The van der Waals surface area contributed by atoms with E-state index in [-0.39, 0.29) is 10.8 Å². The van der Waals surface area contributed by atoms with Gasteiger partial charge in [-0.15, -0.1) is 0 Å². The average molecular weight is 731 g/mol. The number of nitrogens with zero attached hydrogens (tertiary/aromatic N) is 1. The third-order valence-corrected chi connectivity index (χ3v) is 16.9. The van der Waals surface area contributed by atoms with Crippen molar-refractivity contribution in [1.82, 2.24) is 0 Å². The Morgan fingerprint density at radius 1 is 0.647 bits per heavy atom. The molecule has 7 heteroatoms. The Balaban J connectivity index is 1.75. The van der Waals surface area contributed by atoms with Crippen molar-refractivity contribution in [1.29, 1.82) is 0 Å². The van der Waals surface area contributed by atoms with Crippen LogP contribution in [0.4, 0.5) is 0 Å². The number of carbonyl (C=O) groups excluding carboxylic acids is 1. The minimum absolute atomic E-state index is 0.130. The third-order valence-electron chi connectivity index (χ3n) is 10.4. The topological polar surface area (TPSA) is 54.0 Å². The number of hydrogen-bond donors (Lipinski definition) is 0. The fourth-order valence-corrected chi connectivity index (χ4v) is 14.2. The van der Waals surface area contributed by atoms with Crippen LogP contribution in [0, 0.1) is 5.41 Å². The zero-order valence-corrected chi connectivity index (χ0v) is 35.5. The van der Waals surface area contributed by atoms with E-state index in [2.05, 4.69) is 118 Å². The summed E-state index contributed by atoms with van der Waals surface area (Å²) in [5, 5.41) is 0. The second-order valence-electron chi connectivity index (χ2n) is 17.6. The molecule has 2 aromatic rings. The molecule has 0 unspecified atom stereocenters. The van der Waals surface area contributed by atoms with Crippen molar-refractivity contribution in [2.45, 2.75) is 125 Å². The van der Waals surface area contributed by atoms with Crippen LogP contribution in [0.15, 0.2) is 48.5 Å². The van der Waals surface area contributed by atoms with Crippen LogP contribution < -0.4 is 9.47 Å². The Labute approximate surface area is 314 Å². The van der Waals surface area contributed by atoms with Crippen molar-refractivity contribution in [3.8, 4) is 11.5 Å². The molecule has 0 heterocycles. The molecule has 0 amide bonds. The third kappa shape index (κ3) is 16.6. The van der Waals surface area contributed by atoms with E-state index in [1.807, 2.05) is 0 Å². The summed E-state index contributed by atoms with van der Waals surface area (Å²) in [6.45, 7) is 20.9. The van der Waals surface area contributed by atoms with E-state index >= 15 is 0 Å². The quantitative estimate of drug-likeness (QED) is 0.0378. The number of carbonyl (C=O) groups is 1. The predicted octanol–water partition coefficient (Wildman–Crippen LogP) is 11.3. The summed E-state index contributed by atoms with van der Waals surface area (Å²) in [6, 6.07) is 17.1. The van der Waals surface area contributed by atoms with Crippen molar-refractivity contribution < 1.29 is 28.0 Å². The van der Waals surface area contributed by atoms with Crippen LogP contribution in [0.25, 0.3) is 0 Å². The first kappa shape index (κ1) is 45.0. The number of hydrogen-bond acceptors (Lipinski definition) is 5. The summed E-state index contributed by atoms with van der Waals surface area (Å²) in [7, 11) is 4.50. The van der Waals surface area contributed by atoms with Gasteiger partial charge in [0.15, 0.2) is 0 Å². The molecule has 0 radical (unpaired) electrons. The van der Waals surface area contributed by atoms with Crippen LogP contribution in [0.1, 0.15) is 124 Å². The summed E-state index contributed by atoms with van der Waals surface area (Å²) in [5.41, 5.74) is 3.05. The van der Waals surface area contributed by atoms with E-state index in [0.29, 0.717) is 26.4 Å². The van der Waals surface area contributed by atoms with Crippen LogP contribution in [0.2, 0.25) is 0 Å². The summed E-state index contributed by atoms with van der Waals surface area (Å²) in [4.78, 5) is 11.9. The van der Waals surface area contributed by atoms with Crippen molar-refractivity contribution in [2.75, 3.05) is 71.7 Å². The fraction of sp³-hybridized carbons (Fsp3) is 0.705. The van der Waals surface area contributed by atoms with Crippen LogP contribution in [-0.2, 0) is 26.0 Å². The molecule has 0 aliphatic heterocycles.